The van der Waals surface area contributed by atoms with Gasteiger partial charge in [-0.15, -0.1) is 0 Å². The van der Waals surface area contributed by atoms with Crippen LogP contribution in [-0.2, 0) is 6.42 Å². The summed E-state index contributed by atoms with van der Waals surface area (Å²) in [5, 5.41) is 3.54. The van der Waals surface area contributed by atoms with E-state index < -0.39 is 0 Å². The number of nitrogens with one attached hydrogen (secondary N) is 1. The number of aryl methyl sites for hydroxylation is 1. The Kier molecular flexibility index (Phi) is 5.69. The molecule has 2 rings (SSSR count). The van der Waals surface area contributed by atoms with E-state index in [1.165, 1.54) is 11.1 Å². The van der Waals surface area contributed by atoms with Crippen molar-refractivity contribution in [1.29, 1.82) is 0 Å². The van der Waals surface area contributed by atoms with Gasteiger partial charge in [0.2, 0.25) is 0 Å². The van der Waals surface area contributed by atoms with Crippen molar-refractivity contribution in [2.45, 2.75) is 33.2 Å². The normalized spacial score (nSPS) is 12.1. The van der Waals surface area contributed by atoms with Crippen molar-refractivity contribution in [3.63, 3.8) is 0 Å². The van der Waals surface area contributed by atoms with Crippen molar-refractivity contribution in [3.8, 4) is 5.75 Å². The Hall–Kier alpha value is -1.94. The van der Waals surface area contributed by atoms with Crippen LogP contribution in [0.15, 0.2) is 36.9 Å². The lowest BCUT2D eigenvalue weighted by atomic mass is 9.95. The second-order valence-electron chi connectivity index (χ2n) is 4.81. The lowest BCUT2D eigenvalue weighted by molar-refractivity contribution is 0.338. The fraction of sp³-hybridized carbons (Fsp3) is 0.412. The molecule has 0 amide bonds. The highest BCUT2D eigenvalue weighted by atomic mass is 16.5. The standard InChI is InChI=1S/C17H23N3O/c1-4-13-10-18-8-7-16(13)17(20-5-2)14-9-15(21-6-3)12-19-11-14/h7-12,17,20H,4-6H2,1-3H3. The molecule has 2 aromatic rings. The molecule has 0 aliphatic heterocycles. The molecule has 2 heterocycles. The molecule has 0 saturated carbocycles. The summed E-state index contributed by atoms with van der Waals surface area (Å²) in [4.78, 5) is 8.54. The zero-order valence-electron chi connectivity index (χ0n) is 13.0. The van der Waals surface area contributed by atoms with Crippen LogP contribution in [0.25, 0.3) is 0 Å². The van der Waals surface area contributed by atoms with Crippen molar-refractivity contribution in [3.05, 3.63) is 53.6 Å². The minimum atomic E-state index is 0.112. The number of aromatic nitrogens is 2. The van der Waals surface area contributed by atoms with Crippen molar-refractivity contribution in [2.24, 2.45) is 0 Å². The van der Waals surface area contributed by atoms with Gasteiger partial charge in [-0.1, -0.05) is 13.8 Å². The predicted octanol–water partition coefficient (Wildman–Crippen LogP) is 3.14. The molecule has 4 heteroatoms. The van der Waals surface area contributed by atoms with E-state index >= 15 is 0 Å². The van der Waals surface area contributed by atoms with E-state index in [2.05, 4.69) is 41.3 Å². The van der Waals surface area contributed by atoms with Crippen LogP contribution in [0.3, 0.4) is 0 Å². The summed E-state index contributed by atoms with van der Waals surface area (Å²) in [7, 11) is 0. The zero-order chi connectivity index (χ0) is 15.1. The molecule has 0 saturated heterocycles. The third-order valence-electron chi connectivity index (χ3n) is 3.42. The number of hydrogen-bond acceptors (Lipinski definition) is 4. The summed E-state index contributed by atoms with van der Waals surface area (Å²) in [6.45, 7) is 7.77. The first-order valence-corrected chi connectivity index (χ1v) is 7.54. The molecule has 0 aromatic carbocycles. The summed E-state index contributed by atoms with van der Waals surface area (Å²) in [5.74, 6) is 0.810. The van der Waals surface area contributed by atoms with Gasteiger partial charge in [-0.3, -0.25) is 9.97 Å². The van der Waals surface area contributed by atoms with E-state index in [4.69, 9.17) is 4.74 Å². The number of rotatable bonds is 7. The fourth-order valence-electron chi connectivity index (χ4n) is 2.47. The summed E-state index contributed by atoms with van der Waals surface area (Å²) in [6.07, 6.45) is 8.40. The first-order chi connectivity index (χ1) is 10.3. The van der Waals surface area contributed by atoms with Crippen LogP contribution in [-0.4, -0.2) is 23.1 Å². The molecule has 1 unspecified atom stereocenters. The summed E-state index contributed by atoms with van der Waals surface area (Å²) < 4.78 is 5.56. The third kappa shape index (κ3) is 3.79. The average molecular weight is 285 g/mol. The lowest BCUT2D eigenvalue weighted by Crippen LogP contribution is -2.23. The Morgan fingerprint density at radius 2 is 2.00 bits per heavy atom. The summed E-state index contributed by atoms with van der Waals surface area (Å²) >= 11 is 0. The van der Waals surface area contributed by atoms with Crippen LogP contribution >= 0.6 is 0 Å². The highest BCUT2D eigenvalue weighted by Gasteiger charge is 2.17. The Morgan fingerprint density at radius 1 is 1.14 bits per heavy atom. The van der Waals surface area contributed by atoms with Gasteiger partial charge in [0.15, 0.2) is 0 Å². The summed E-state index contributed by atoms with van der Waals surface area (Å²) in [6, 6.07) is 4.25. The minimum Gasteiger partial charge on any atom is -0.492 e. The number of nitrogens with zero attached hydrogens (tertiary/aromatic N) is 2. The predicted molar refractivity (Wildman–Crippen MR) is 84.5 cm³/mol. The van der Waals surface area contributed by atoms with Gasteiger partial charge in [-0.2, -0.15) is 0 Å². The first kappa shape index (κ1) is 15.4. The van der Waals surface area contributed by atoms with Crippen molar-refractivity contribution < 1.29 is 4.74 Å². The van der Waals surface area contributed by atoms with Crippen molar-refractivity contribution in [1.82, 2.24) is 15.3 Å². The molecule has 0 spiro atoms. The second kappa shape index (κ2) is 7.74. The average Bonchev–Trinajstić information content (AvgIpc) is 2.53. The van der Waals surface area contributed by atoms with E-state index in [9.17, 15) is 0 Å². The maximum absolute atomic E-state index is 5.56. The fourth-order valence-corrected chi connectivity index (χ4v) is 2.47. The van der Waals surface area contributed by atoms with Crippen LogP contribution in [0.2, 0.25) is 0 Å². The van der Waals surface area contributed by atoms with Crippen LogP contribution in [0.1, 0.15) is 43.5 Å². The first-order valence-electron chi connectivity index (χ1n) is 7.54. The molecule has 112 valence electrons. The topological polar surface area (TPSA) is 47.0 Å². The van der Waals surface area contributed by atoms with Crippen LogP contribution in [0.4, 0.5) is 0 Å². The van der Waals surface area contributed by atoms with Crippen molar-refractivity contribution in [2.75, 3.05) is 13.2 Å². The second-order valence-corrected chi connectivity index (χ2v) is 4.81. The van der Waals surface area contributed by atoms with Gasteiger partial charge >= 0.3 is 0 Å². The highest BCUT2D eigenvalue weighted by Crippen LogP contribution is 2.26. The van der Waals surface area contributed by atoms with Crippen LogP contribution < -0.4 is 10.1 Å². The Labute approximate surface area is 126 Å². The number of pyridine rings is 2. The summed E-state index contributed by atoms with van der Waals surface area (Å²) in [5.41, 5.74) is 3.62. The Morgan fingerprint density at radius 3 is 2.71 bits per heavy atom. The molecule has 0 aliphatic carbocycles. The van der Waals surface area contributed by atoms with Crippen LogP contribution in [0, 0.1) is 0 Å². The largest absolute Gasteiger partial charge is 0.492 e. The van der Waals surface area contributed by atoms with E-state index in [0.717, 1.165) is 24.3 Å². The van der Waals surface area contributed by atoms with Gasteiger partial charge in [0.25, 0.3) is 0 Å². The Balaban J connectivity index is 2.40. The van der Waals surface area contributed by atoms with Gasteiger partial charge in [0.05, 0.1) is 18.8 Å². The lowest BCUT2D eigenvalue weighted by Gasteiger charge is -2.21. The van der Waals surface area contributed by atoms with Crippen molar-refractivity contribution >= 4 is 0 Å². The van der Waals surface area contributed by atoms with Gasteiger partial charge < -0.3 is 10.1 Å². The van der Waals surface area contributed by atoms with E-state index in [0.29, 0.717) is 6.61 Å². The molecule has 21 heavy (non-hydrogen) atoms. The molecule has 0 bridgehead atoms. The van der Waals surface area contributed by atoms with E-state index in [1.807, 2.05) is 25.5 Å². The number of hydrogen-bond donors (Lipinski definition) is 1. The molecular weight excluding hydrogens is 262 g/mol. The van der Waals surface area contributed by atoms with E-state index in [-0.39, 0.29) is 6.04 Å². The minimum absolute atomic E-state index is 0.112. The van der Waals surface area contributed by atoms with Gasteiger partial charge in [-0.25, -0.2) is 0 Å². The molecule has 0 fully saturated rings. The molecule has 4 nitrogen and oxygen atoms in total. The van der Waals surface area contributed by atoms with E-state index in [1.54, 1.807) is 6.20 Å². The molecule has 1 N–H and O–H groups in total. The quantitative estimate of drug-likeness (QED) is 0.849. The smallest absolute Gasteiger partial charge is 0.137 e. The third-order valence-corrected chi connectivity index (χ3v) is 3.42. The highest BCUT2D eigenvalue weighted by molar-refractivity contribution is 5.37. The SMILES string of the molecule is CCNC(c1cncc(OCC)c1)c1ccncc1CC. The van der Waals surface area contributed by atoms with Gasteiger partial charge in [-0.05, 0) is 48.7 Å². The maximum Gasteiger partial charge on any atom is 0.137 e. The van der Waals surface area contributed by atoms with Gasteiger partial charge in [0.1, 0.15) is 5.75 Å². The van der Waals surface area contributed by atoms with Gasteiger partial charge in [0, 0.05) is 18.6 Å². The molecule has 0 radical (unpaired) electrons. The molecule has 2 aromatic heterocycles. The molecule has 1 atom stereocenters. The zero-order valence-corrected chi connectivity index (χ0v) is 13.0. The monoisotopic (exact) mass is 285 g/mol. The molecular formula is C17H23N3O. The molecule has 0 aliphatic rings. The number of ether oxygens (including phenoxy) is 1. The Bertz CT molecular complexity index is 571. The van der Waals surface area contributed by atoms with Crippen LogP contribution in [0.5, 0.6) is 5.75 Å². The maximum atomic E-state index is 5.56.